The molecule has 2 N–H and O–H groups in total. The van der Waals surface area contributed by atoms with E-state index < -0.39 is 0 Å². The van der Waals surface area contributed by atoms with Crippen molar-refractivity contribution in [1.82, 2.24) is 14.7 Å². The van der Waals surface area contributed by atoms with Crippen molar-refractivity contribution in [2.24, 2.45) is 0 Å². The van der Waals surface area contributed by atoms with Gasteiger partial charge < -0.3 is 10.6 Å². The van der Waals surface area contributed by atoms with E-state index >= 15 is 0 Å². The van der Waals surface area contributed by atoms with Gasteiger partial charge in [-0.1, -0.05) is 26.8 Å². The van der Waals surface area contributed by atoms with Crippen LogP contribution in [0.4, 0.5) is 5.82 Å². The molecule has 0 bridgehead atoms. The molecule has 5 nitrogen and oxygen atoms in total. The zero-order chi connectivity index (χ0) is 15.8. The molecule has 0 saturated heterocycles. The minimum absolute atomic E-state index is 0.0429. The Hall–Kier alpha value is -2.30. The number of benzene rings is 1. The second kappa shape index (κ2) is 5.24. The van der Waals surface area contributed by atoms with Crippen molar-refractivity contribution < 1.29 is 4.79 Å². The Morgan fingerprint density at radius 3 is 2.43 bits per heavy atom. The highest BCUT2D eigenvalue weighted by Gasteiger charge is 2.20. The molecule has 0 fully saturated rings. The molecule has 0 aliphatic heterocycles. The van der Waals surface area contributed by atoms with Crippen molar-refractivity contribution in [3.8, 4) is 5.69 Å². The standard InChI is InChI=1S/C16H22N4O/c1-16(2,3)13-10-14(17)20(18-13)12-8-6-7-11(9-12)15(21)19(4)5/h6-10H,17H2,1-5H3. The summed E-state index contributed by atoms with van der Waals surface area (Å²) < 4.78 is 1.67. The fraction of sp³-hybridized carbons (Fsp3) is 0.375. The van der Waals surface area contributed by atoms with Crippen molar-refractivity contribution in [2.75, 3.05) is 19.8 Å². The molecule has 0 unspecified atom stereocenters. The van der Waals surface area contributed by atoms with Gasteiger partial charge in [-0.3, -0.25) is 4.79 Å². The van der Waals surface area contributed by atoms with E-state index in [9.17, 15) is 4.79 Å². The molecule has 0 spiro atoms. The summed E-state index contributed by atoms with van der Waals surface area (Å²) in [4.78, 5) is 13.6. The van der Waals surface area contributed by atoms with Gasteiger partial charge in [0.15, 0.2) is 0 Å². The SMILES string of the molecule is CN(C)C(=O)c1cccc(-n2nc(C(C)(C)C)cc2N)c1. The lowest BCUT2D eigenvalue weighted by Gasteiger charge is -2.14. The maximum absolute atomic E-state index is 12.0. The Bertz CT molecular complexity index is 665. The predicted molar refractivity (Wildman–Crippen MR) is 84.7 cm³/mol. The third-order valence-electron chi connectivity index (χ3n) is 3.25. The molecule has 0 saturated carbocycles. The molecule has 0 radical (unpaired) electrons. The molecule has 1 heterocycles. The first-order chi connectivity index (χ1) is 9.70. The molecule has 2 rings (SSSR count). The minimum Gasteiger partial charge on any atom is -0.384 e. The first-order valence-corrected chi connectivity index (χ1v) is 6.88. The number of carbonyl (C=O) groups is 1. The summed E-state index contributed by atoms with van der Waals surface area (Å²) in [6.07, 6.45) is 0. The van der Waals surface area contributed by atoms with Gasteiger partial charge in [-0.15, -0.1) is 0 Å². The van der Waals surface area contributed by atoms with E-state index in [4.69, 9.17) is 5.73 Å². The number of nitrogens with zero attached hydrogens (tertiary/aromatic N) is 3. The largest absolute Gasteiger partial charge is 0.384 e. The second-order valence-electron chi connectivity index (χ2n) is 6.37. The van der Waals surface area contributed by atoms with Crippen LogP contribution in [0.15, 0.2) is 30.3 Å². The summed E-state index contributed by atoms with van der Waals surface area (Å²) >= 11 is 0. The Kier molecular flexibility index (Phi) is 3.77. The van der Waals surface area contributed by atoms with Gasteiger partial charge in [-0.2, -0.15) is 5.10 Å². The number of aromatic nitrogens is 2. The van der Waals surface area contributed by atoms with E-state index in [1.165, 1.54) is 0 Å². The fourth-order valence-electron chi connectivity index (χ4n) is 2.00. The lowest BCUT2D eigenvalue weighted by Crippen LogP contribution is -2.21. The van der Waals surface area contributed by atoms with Crippen molar-refractivity contribution in [3.05, 3.63) is 41.6 Å². The van der Waals surface area contributed by atoms with Crippen LogP contribution in [0.25, 0.3) is 5.69 Å². The number of hydrogen-bond donors (Lipinski definition) is 1. The van der Waals surface area contributed by atoms with Gasteiger partial charge in [0.25, 0.3) is 5.91 Å². The lowest BCUT2D eigenvalue weighted by molar-refractivity contribution is 0.0827. The van der Waals surface area contributed by atoms with Gasteiger partial charge in [0.05, 0.1) is 11.4 Å². The minimum atomic E-state index is -0.0730. The maximum Gasteiger partial charge on any atom is 0.253 e. The number of nitrogen functional groups attached to an aromatic ring is 1. The summed E-state index contributed by atoms with van der Waals surface area (Å²) in [6.45, 7) is 6.27. The van der Waals surface area contributed by atoms with Crippen molar-refractivity contribution >= 4 is 11.7 Å². The number of carbonyl (C=O) groups excluding carboxylic acids is 1. The molecule has 1 aromatic heterocycles. The van der Waals surface area contributed by atoms with E-state index in [2.05, 4.69) is 25.9 Å². The van der Waals surface area contributed by atoms with E-state index in [0.717, 1.165) is 11.4 Å². The number of amides is 1. The van der Waals surface area contributed by atoms with Crippen LogP contribution in [0.3, 0.4) is 0 Å². The van der Waals surface area contributed by atoms with Gasteiger partial charge >= 0.3 is 0 Å². The third kappa shape index (κ3) is 3.07. The predicted octanol–water partition coefficient (Wildman–Crippen LogP) is 2.45. The van der Waals surface area contributed by atoms with Crippen molar-refractivity contribution in [2.45, 2.75) is 26.2 Å². The summed E-state index contributed by atoms with van der Waals surface area (Å²) in [6, 6.07) is 9.20. The van der Waals surface area contributed by atoms with Crippen LogP contribution in [0, 0.1) is 0 Å². The van der Waals surface area contributed by atoms with Crippen LogP contribution in [0.2, 0.25) is 0 Å². The van der Waals surface area contributed by atoms with Crippen LogP contribution >= 0.6 is 0 Å². The molecule has 0 aliphatic rings. The molecule has 1 aromatic carbocycles. The fourth-order valence-corrected chi connectivity index (χ4v) is 2.00. The molecule has 2 aromatic rings. The Morgan fingerprint density at radius 1 is 1.24 bits per heavy atom. The van der Waals surface area contributed by atoms with Gasteiger partial charge in [-0.05, 0) is 18.2 Å². The topological polar surface area (TPSA) is 64.2 Å². The van der Waals surface area contributed by atoms with Gasteiger partial charge in [0.2, 0.25) is 0 Å². The third-order valence-corrected chi connectivity index (χ3v) is 3.25. The highest BCUT2D eigenvalue weighted by Crippen LogP contribution is 2.25. The molecule has 0 aliphatic carbocycles. The van der Waals surface area contributed by atoms with E-state index in [1.54, 1.807) is 35.8 Å². The Balaban J connectivity index is 2.46. The van der Waals surface area contributed by atoms with Crippen LogP contribution in [-0.4, -0.2) is 34.7 Å². The molecular weight excluding hydrogens is 264 g/mol. The number of anilines is 1. The summed E-state index contributed by atoms with van der Waals surface area (Å²) in [5, 5.41) is 4.56. The van der Waals surface area contributed by atoms with E-state index in [-0.39, 0.29) is 11.3 Å². The number of nitrogens with two attached hydrogens (primary N) is 1. The maximum atomic E-state index is 12.0. The van der Waals surface area contributed by atoms with Crippen LogP contribution in [0.5, 0.6) is 0 Å². The van der Waals surface area contributed by atoms with Crippen LogP contribution in [0.1, 0.15) is 36.8 Å². The Morgan fingerprint density at radius 2 is 1.90 bits per heavy atom. The zero-order valence-corrected chi connectivity index (χ0v) is 13.2. The van der Waals surface area contributed by atoms with Gasteiger partial charge in [0.1, 0.15) is 5.82 Å². The average Bonchev–Trinajstić information content (AvgIpc) is 2.80. The first kappa shape index (κ1) is 15.1. The summed E-state index contributed by atoms with van der Waals surface area (Å²) in [5.41, 5.74) is 8.31. The Labute approximate surface area is 125 Å². The van der Waals surface area contributed by atoms with Crippen molar-refractivity contribution in [1.29, 1.82) is 0 Å². The molecular formula is C16H22N4O. The average molecular weight is 286 g/mol. The number of hydrogen-bond acceptors (Lipinski definition) is 3. The van der Waals surface area contributed by atoms with Crippen LogP contribution in [-0.2, 0) is 5.41 Å². The van der Waals surface area contributed by atoms with E-state index in [0.29, 0.717) is 11.4 Å². The molecule has 1 amide bonds. The smallest absolute Gasteiger partial charge is 0.253 e. The molecule has 5 heteroatoms. The van der Waals surface area contributed by atoms with Gasteiger partial charge in [-0.25, -0.2) is 4.68 Å². The van der Waals surface area contributed by atoms with Crippen molar-refractivity contribution in [3.63, 3.8) is 0 Å². The summed E-state index contributed by atoms with van der Waals surface area (Å²) in [5.74, 6) is 0.521. The molecule has 112 valence electrons. The first-order valence-electron chi connectivity index (χ1n) is 6.88. The lowest BCUT2D eigenvalue weighted by atomic mass is 9.92. The monoisotopic (exact) mass is 286 g/mol. The molecule has 0 atom stereocenters. The number of rotatable bonds is 2. The zero-order valence-electron chi connectivity index (χ0n) is 13.2. The second-order valence-corrected chi connectivity index (χ2v) is 6.37. The van der Waals surface area contributed by atoms with Crippen LogP contribution < -0.4 is 5.73 Å². The van der Waals surface area contributed by atoms with E-state index in [1.807, 2.05) is 18.2 Å². The van der Waals surface area contributed by atoms with Gasteiger partial charge in [0, 0.05) is 31.1 Å². The summed E-state index contributed by atoms with van der Waals surface area (Å²) in [7, 11) is 3.46. The highest BCUT2D eigenvalue weighted by molar-refractivity contribution is 5.94. The quantitative estimate of drug-likeness (QED) is 0.922. The molecule has 21 heavy (non-hydrogen) atoms. The normalized spacial score (nSPS) is 11.5. The highest BCUT2D eigenvalue weighted by atomic mass is 16.2.